The third-order valence-electron chi connectivity index (χ3n) is 4.87. The van der Waals surface area contributed by atoms with Gasteiger partial charge in [-0.25, -0.2) is 8.42 Å². The quantitative estimate of drug-likeness (QED) is 0.811. The van der Waals surface area contributed by atoms with Gasteiger partial charge in [-0.1, -0.05) is 30.3 Å². The second-order valence-corrected chi connectivity index (χ2v) is 8.30. The Bertz CT molecular complexity index is 905. The SMILES string of the molecule is CCN(CC)C(=O)c1cccc(S(=O)(=O)N2CCc3ccccc3C2)c1. The van der Waals surface area contributed by atoms with Gasteiger partial charge in [0.25, 0.3) is 5.91 Å². The topological polar surface area (TPSA) is 57.7 Å². The van der Waals surface area contributed by atoms with Crippen LogP contribution in [-0.4, -0.2) is 43.2 Å². The van der Waals surface area contributed by atoms with E-state index in [9.17, 15) is 13.2 Å². The molecule has 2 aromatic carbocycles. The van der Waals surface area contributed by atoms with Crippen molar-refractivity contribution in [1.82, 2.24) is 9.21 Å². The van der Waals surface area contributed by atoms with Gasteiger partial charge >= 0.3 is 0 Å². The monoisotopic (exact) mass is 372 g/mol. The van der Waals surface area contributed by atoms with Crippen LogP contribution in [0.2, 0.25) is 0 Å². The number of rotatable bonds is 5. The summed E-state index contributed by atoms with van der Waals surface area (Å²) in [4.78, 5) is 14.4. The Labute approximate surface area is 155 Å². The molecule has 0 aromatic heterocycles. The van der Waals surface area contributed by atoms with Crippen molar-refractivity contribution in [2.75, 3.05) is 19.6 Å². The normalized spacial score (nSPS) is 14.7. The second-order valence-electron chi connectivity index (χ2n) is 6.36. The summed E-state index contributed by atoms with van der Waals surface area (Å²) in [6.07, 6.45) is 0.702. The number of fused-ring (bicyclic) bond motifs is 1. The van der Waals surface area contributed by atoms with Crippen LogP contribution in [0, 0.1) is 0 Å². The molecule has 0 N–H and O–H groups in total. The van der Waals surface area contributed by atoms with Crippen LogP contribution in [0.15, 0.2) is 53.4 Å². The molecule has 0 fully saturated rings. The van der Waals surface area contributed by atoms with E-state index in [1.165, 1.54) is 15.9 Å². The predicted octanol–water partition coefficient (Wildman–Crippen LogP) is 2.92. The Balaban J connectivity index is 1.89. The molecule has 1 aliphatic heterocycles. The van der Waals surface area contributed by atoms with Gasteiger partial charge in [0.05, 0.1) is 4.90 Å². The fourth-order valence-corrected chi connectivity index (χ4v) is 4.77. The zero-order valence-electron chi connectivity index (χ0n) is 15.2. The first kappa shape index (κ1) is 18.6. The molecule has 1 aliphatic rings. The lowest BCUT2D eigenvalue weighted by Gasteiger charge is -2.28. The number of hydrogen-bond acceptors (Lipinski definition) is 3. The molecule has 1 heterocycles. The van der Waals surface area contributed by atoms with E-state index in [0.29, 0.717) is 38.2 Å². The zero-order chi connectivity index (χ0) is 18.7. The highest BCUT2D eigenvalue weighted by molar-refractivity contribution is 7.89. The lowest BCUT2D eigenvalue weighted by molar-refractivity contribution is 0.0772. The van der Waals surface area contributed by atoms with Crippen molar-refractivity contribution in [3.8, 4) is 0 Å². The molecule has 6 heteroatoms. The first-order valence-electron chi connectivity index (χ1n) is 8.93. The number of nitrogens with zero attached hydrogens (tertiary/aromatic N) is 2. The summed E-state index contributed by atoms with van der Waals surface area (Å²) in [5.41, 5.74) is 2.65. The zero-order valence-corrected chi connectivity index (χ0v) is 16.0. The summed E-state index contributed by atoms with van der Waals surface area (Å²) in [5, 5.41) is 0. The average molecular weight is 372 g/mol. The van der Waals surface area contributed by atoms with E-state index in [-0.39, 0.29) is 10.8 Å². The molecule has 5 nitrogen and oxygen atoms in total. The molecule has 0 atom stereocenters. The largest absolute Gasteiger partial charge is 0.339 e. The van der Waals surface area contributed by atoms with Crippen molar-refractivity contribution in [2.45, 2.75) is 31.7 Å². The van der Waals surface area contributed by atoms with Crippen molar-refractivity contribution in [3.63, 3.8) is 0 Å². The molecule has 0 saturated carbocycles. The van der Waals surface area contributed by atoms with Gasteiger partial charge < -0.3 is 4.90 Å². The van der Waals surface area contributed by atoms with E-state index < -0.39 is 10.0 Å². The summed E-state index contributed by atoms with van der Waals surface area (Å²) in [5.74, 6) is -0.143. The lowest BCUT2D eigenvalue weighted by atomic mass is 10.0. The highest BCUT2D eigenvalue weighted by Gasteiger charge is 2.28. The van der Waals surface area contributed by atoms with Gasteiger partial charge in [-0.3, -0.25) is 4.79 Å². The first-order valence-corrected chi connectivity index (χ1v) is 10.4. The second kappa shape index (κ2) is 7.60. The van der Waals surface area contributed by atoms with Crippen molar-refractivity contribution in [1.29, 1.82) is 0 Å². The van der Waals surface area contributed by atoms with Crippen LogP contribution in [0.3, 0.4) is 0 Å². The maximum Gasteiger partial charge on any atom is 0.253 e. The van der Waals surface area contributed by atoms with Crippen LogP contribution < -0.4 is 0 Å². The minimum atomic E-state index is -3.64. The number of benzene rings is 2. The third-order valence-corrected chi connectivity index (χ3v) is 6.71. The summed E-state index contributed by atoms with van der Waals surface area (Å²) in [6.45, 7) is 5.82. The van der Waals surface area contributed by atoms with E-state index in [0.717, 1.165) is 5.56 Å². The maximum atomic E-state index is 13.1. The molecule has 26 heavy (non-hydrogen) atoms. The van der Waals surface area contributed by atoms with Crippen molar-refractivity contribution in [3.05, 3.63) is 65.2 Å². The van der Waals surface area contributed by atoms with Crippen molar-refractivity contribution < 1.29 is 13.2 Å². The lowest BCUT2D eigenvalue weighted by Crippen LogP contribution is -2.36. The predicted molar refractivity (Wildman–Crippen MR) is 101 cm³/mol. The van der Waals surface area contributed by atoms with E-state index in [1.54, 1.807) is 23.1 Å². The van der Waals surface area contributed by atoms with Crippen LogP contribution in [-0.2, 0) is 23.0 Å². The fraction of sp³-hybridized carbons (Fsp3) is 0.350. The average Bonchev–Trinajstić information content (AvgIpc) is 2.68. The van der Waals surface area contributed by atoms with Gasteiger partial charge in [-0.15, -0.1) is 0 Å². The smallest absolute Gasteiger partial charge is 0.253 e. The van der Waals surface area contributed by atoms with Crippen molar-refractivity contribution >= 4 is 15.9 Å². The summed E-state index contributed by atoms with van der Waals surface area (Å²) >= 11 is 0. The number of amides is 1. The van der Waals surface area contributed by atoms with Crippen molar-refractivity contribution in [2.24, 2.45) is 0 Å². The number of carbonyl (C=O) groups excluding carboxylic acids is 1. The van der Waals surface area contributed by atoms with Crippen LogP contribution in [0.5, 0.6) is 0 Å². The van der Waals surface area contributed by atoms with Gasteiger partial charge in [-0.2, -0.15) is 4.31 Å². The highest BCUT2D eigenvalue weighted by atomic mass is 32.2. The van der Waals surface area contributed by atoms with E-state index >= 15 is 0 Å². The maximum absolute atomic E-state index is 13.1. The Morgan fingerprint density at radius 3 is 2.42 bits per heavy atom. The Morgan fingerprint density at radius 2 is 1.73 bits per heavy atom. The van der Waals surface area contributed by atoms with Crippen LogP contribution in [0.1, 0.15) is 35.3 Å². The van der Waals surface area contributed by atoms with Gasteiger partial charge in [-0.05, 0) is 49.6 Å². The highest BCUT2D eigenvalue weighted by Crippen LogP contribution is 2.25. The fourth-order valence-electron chi connectivity index (χ4n) is 3.31. The number of carbonyl (C=O) groups is 1. The third kappa shape index (κ3) is 3.52. The summed E-state index contributed by atoms with van der Waals surface area (Å²) in [6, 6.07) is 14.3. The Kier molecular flexibility index (Phi) is 5.44. The summed E-state index contributed by atoms with van der Waals surface area (Å²) < 4.78 is 27.7. The molecule has 1 amide bonds. The van der Waals surface area contributed by atoms with Crippen LogP contribution in [0.25, 0.3) is 0 Å². The Morgan fingerprint density at radius 1 is 1.04 bits per heavy atom. The molecule has 0 spiro atoms. The molecular weight excluding hydrogens is 348 g/mol. The van der Waals surface area contributed by atoms with E-state index in [2.05, 4.69) is 0 Å². The standard InChI is InChI=1S/C20H24N2O3S/c1-3-21(4-2)20(23)17-10-7-11-19(14-17)26(24,25)22-13-12-16-8-5-6-9-18(16)15-22/h5-11,14H,3-4,12-13,15H2,1-2H3. The van der Waals surface area contributed by atoms with Crippen LogP contribution in [0.4, 0.5) is 0 Å². The van der Waals surface area contributed by atoms with Gasteiger partial charge in [0.15, 0.2) is 0 Å². The minimum absolute atomic E-state index is 0.143. The van der Waals surface area contributed by atoms with Gasteiger partial charge in [0.1, 0.15) is 0 Å². The van der Waals surface area contributed by atoms with Crippen LogP contribution >= 0.6 is 0 Å². The van der Waals surface area contributed by atoms with E-state index in [4.69, 9.17) is 0 Å². The molecule has 0 saturated heterocycles. The Hall–Kier alpha value is -2.18. The first-order chi connectivity index (χ1) is 12.5. The minimum Gasteiger partial charge on any atom is -0.339 e. The molecule has 0 aliphatic carbocycles. The van der Waals surface area contributed by atoms with Gasteiger partial charge in [0.2, 0.25) is 10.0 Å². The number of hydrogen-bond donors (Lipinski definition) is 0. The molecular formula is C20H24N2O3S. The summed E-state index contributed by atoms with van der Waals surface area (Å²) in [7, 11) is -3.64. The van der Waals surface area contributed by atoms with Gasteiger partial charge in [0, 0.05) is 31.7 Å². The molecule has 0 bridgehead atoms. The number of sulfonamides is 1. The molecule has 3 rings (SSSR count). The molecule has 0 unspecified atom stereocenters. The molecule has 2 aromatic rings. The molecule has 0 radical (unpaired) electrons. The van der Waals surface area contributed by atoms with E-state index in [1.807, 2.05) is 38.1 Å². The molecule has 138 valence electrons.